The van der Waals surface area contributed by atoms with Crippen LogP contribution in [0.5, 0.6) is 5.75 Å². The average molecular weight is 332 g/mol. The number of hydrogen-bond donors (Lipinski definition) is 2. The number of hydrogen-bond acceptors (Lipinski definition) is 3. The van der Waals surface area contributed by atoms with Crippen molar-refractivity contribution in [2.24, 2.45) is 11.1 Å². The fraction of sp³-hybridized carbons (Fsp3) is 0.562. The third-order valence-corrected chi connectivity index (χ3v) is 3.36. The topological polar surface area (TPSA) is 64.4 Å². The standard InChI is InChI=1S/C16H23F3N2O2/c1-10(21-14(22)13(20)15(2,3)4)11-5-7-12(8-6-11)23-9-16(17,18)19/h5-8,10,13H,9,20H2,1-4H3,(H,21,22)/t10?,13-/m1/s1. The molecule has 1 unspecified atom stereocenters. The SMILES string of the molecule is CC(NC(=O)[C@@H](N)C(C)(C)C)c1ccc(OCC(F)(F)F)cc1. The summed E-state index contributed by atoms with van der Waals surface area (Å²) >= 11 is 0. The first-order valence-corrected chi connectivity index (χ1v) is 7.25. The van der Waals surface area contributed by atoms with Crippen LogP contribution < -0.4 is 15.8 Å². The van der Waals surface area contributed by atoms with Crippen LogP contribution in [-0.2, 0) is 4.79 Å². The van der Waals surface area contributed by atoms with Gasteiger partial charge in [-0.2, -0.15) is 13.2 Å². The Bertz CT molecular complexity index is 522. The molecule has 1 aromatic carbocycles. The second-order valence-corrected chi connectivity index (χ2v) is 6.55. The van der Waals surface area contributed by atoms with E-state index in [2.05, 4.69) is 10.1 Å². The van der Waals surface area contributed by atoms with Crippen molar-refractivity contribution in [1.82, 2.24) is 5.32 Å². The summed E-state index contributed by atoms with van der Waals surface area (Å²) in [5.74, 6) is -0.154. The van der Waals surface area contributed by atoms with Gasteiger partial charge in [-0.25, -0.2) is 0 Å². The lowest BCUT2D eigenvalue weighted by Gasteiger charge is -2.27. The third-order valence-electron chi connectivity index (χ3n) is 3.36. The van der Waals surface area contributed by atoms with Crippen molar-refractivity contribution in [3.8, 4) is 5.75 Å². The fourth-order valence-corrected chi connectivity index (χ4v) is 1.80. The van der Waals surface area contributed by atoms with E-state index in [0.717, 1.165) is 5.56 Å². The molecule has 0 saturated heterocycles. The molecule has 2 atom stereocenters. The summed E-state index contributed by atoms with van der Waals surface area (Å²) in [4.78, 5) is 12.1. The maximum Gasteiger partial charge on any atom is 0.422 e. The summed E-state index contributed by atoms with van der Waals surface area (Å²) in [6.45, 7) is 6.05. The predicted molar refractivity (Wildman–Crippen MR) is 82.0 cm³/mol. The Morgan fingerprint density at radius 1 is 1.22 bits per heavy atom. The van der Waals surface area contributed by atoms with Gasteiger partial charge in [-0.1, -0.05) is 32.9 Å². The van der Waals surface area contributed by atoms with Crippen LogP contribution in [0.3, 0.4) is 0 Å². The van der Waals surface area contributed by atoms with Crippen LogP contribution in [0.25, 0.3) is 0 Å². The molecule has 0 aliphatic heterocycles. The van der Waals surface area contributed by atoms with E-state index >= 15 is 0 Å². The minimum absolute atomic E-state index is 0.121. The number of carbonyl (C=O) groups excluding carboxylic acids is 1. The van der Waals surface area contributed by atoms with E-state index in [-0.39, 0.29) is 23.1 Å². The summed E-state index contributed by atoms with van der Waals surface area (Å²) < 4.78 is 40.9. The van der Waals surface area contributed by atoms with Gasteiger partial charge in [-0.15, -0.1) is 0 Å². The van der Waals surface area contributed by atoms with Crippen LogP contribution in [0.4, 0.5) is 13.2 Å². The van der Waals surface area contributed by atoms with Gasteiger partial charge in [0.15, 0.2) is 6.61 Å². The lowest BCUT2D eigenvalue weighted by molar-refractivity contribution is -0.153. The number of halogens is 3. The minimum atomic E-state index is -4.37. The summed E-state index contributed by atoms with van der Waals surface area (Å²) in [7, 11) is 0. The molecule has 130 valence electrons. The van der Waals surface area contributed by atoms with Gasteiger partial charge in [0.1, 0.15) is 5.75 Å². The molecule has 1 rings (SSSR count). The first-order chi connectivity index (χ1) is 10.4. The zero-order chi connectivity index (χ0) is 17.8. The molecule has 0 heterocycles. The minimum Gasteiger partial charge on any atom is -0.484 e. The van der Waals surface area contributed by atoms with Crippen LogP contribution in [0.15, 0.2) is 24.3 Å². The number of alkyl halides is 3. The lowest BCUT2D eigenvalue weighted by atomic mass is 9.86. The number of ether oxygens (including phenoxy) is 1. The highest BCUT2D eigenvalue weighted by Gasteiger charge is 2.29. The number of nitrogens with two attached hydrogens (primary N) is 1. The average Bonchev–Trinajstić information content (AvgIpc) is 2.43. The van der Waals surface area contributed by atoms with Crippen LogP contribution in [0, 0.1) is 5.41 Å². The van der Waals surface area contributed by atoms with Gasteiger partial charge in [0.2, 0.25) is 5.91 Å². The molecule has 0 bridgehead atoms. The Balaban J connectivity index is 2.64. The number of amides is 1. The number of carbonyl (C=O) groups is 1. The molecule has 0 aliphatic carbocycles. The number of rotatable bonds is 5. The van der Waals surface area contributed by atoms with Crippen molar-refractivity contribution in [1.29, 1.82) is 0 Å². The van der Waals surface area contributed by atoms with Gasteiger partial charge in [0.05, 0.1) is 12.1 Å². The molecule has 0 saturated carbocycles. The Labute approximate surface area is 134 Å². The van der Waals surface area contributed by atoms with Gasteiger partial charge in [0, 0.05) is 0 Å². The second-order valence-electron chi connectivity index (χ2n) is 6.55. The highest BCUT2D eigenvalue weighted by Crippen LogP contribution is 2.22. The van der Waals surface area contributed by atoms with Crippen molar-refractivity contribution in [3.05, 3.63) is 29.8 Å². The first-order valence-electron chi connectivity index (χ1n) is 7.25. The van der Waals surface area contributed by atoms with E-state index in [4.69, 9.17) is 5.73 Å². The van der Waals surface area contributed by atoms with Crippen molar-refractivity contribution in [2.45, 2.75) is 46.0 Å². The van der Waals surface area contributed by atoms with Gasteiger partial charge in [0.25, 0.3) is 0 Å². The summed E-state index contributed by atoms with van der Waals surface area (Å²) in [6.07, 6.45) is -4.37. The van der Waals surface area contributed by atoms with E-state index in [1.165, 1.54) is 12.1 Å². The monoisotopic (exact) mass is 332 g/mol. The van der Waals surface area contributed by atoms with E-state index < -0.39 is 18.8 Å². The summed E-state index contributed by atoms with van der Waals surface area (Å²) in [5.41, 5.74) is 6.27. The predicted octanol–water partition coefficient (Wildman–Crippen LogP) is 3.18. The van der Waals surface area contributed by atoms with Crippen LogP contribution in [0.1, 0.15) is 39.3 Å². The lowest BCUT2D eigenvalue weighted by Crippen LogP contribution is -2.49. The zero-order valence-corrected chi connectivity index (χ0v) is 13.7. The van der Waals surface area contributed by atoms with Gasteiger partial charge < -0.3 is 15.8 Å². The third kappa shape index (κ3) is 6.48. The van der Waals surface area contributed by atoms with Crippen molar-refractivity contribution < 1.29 is 22.7 Å². The van der Waals surface area contributed by atoms with Crippen LogP contribution in [-0.4, -0.2) is 24.7 Å². The largest absolute Gasteiger partial charge is 0.484 e. The smallest absolute Gasteiger partial charge is 0.422 e. The molecule has 1 amide bonds. The van der Waals surface area contributed by atoms with Crippen molar-refractivity contribution in [2.75, 3.05) is 6.61 Å². The highest BCUT2D eigenvalue weighted by atomic mass is 19.4. The maximum absolute atomic E-state index is 12.1. The maximum atomic E-state index is 12.1. The molecule has 23 heavy (non-hydrogen) atoms. The molecule has 0 aromatic heterocycles. The zero-order valence-electron chi connectivity index (χ0n) is 13.7. The van der Waals surface area contributed by atoms with E-state index in [0.29, 0.717) is 0 Å². The highest BCUT2D eigenvalue weighted by molar-refractivity contribution is 5.82. The molecular formula is C16H23F3N2O2. The first kappa shape index (κ1) is 19.3. The van der Waals surface area contributed by atoms with E-state index in [1.54, 1.807) is 19.1 Å². The quantitative estimate of drug-likeness (QED) is 0.870. The van der Waals surface area contributed by atoms with E-state index in [1.807, 2.05) is 20.8 Å². The Morgan fingerprint density at radius 3 is 2.17 bits per heavy atom. The molecule has 7 heteroatoms. The summed E-state index contributed by atoms with van der Waals surface area (Å²) in [6, 6.07) is 5.13. The number of benzene rings is 1. The van der Waals surface area contributed by atoms with Crippen LogP contribution >= 0.6 is 0 Å². The van der Waals surface area contributed by atoms with Crippen molar-refractivity contribution in [3.63, 3.8) is 0 Å². The molecule has 4 nitrogen and oxygen atoms in total. The molecule has 0 fully saturated rings. The normalized spacial score (nSPS) is 15.0. The van der Waals surface area contributed by atoms with Gasteiger partial charge >= 0.3 is 6.18 Å². The Hall–Kier alpha value is -1.76. The molecule has 0 aliphatic rings. The molecule has 3 N–H and O–H groups in total. The van der Waals surface area contributed by atoms with E-state index in [9.17, 15) is 18.0 Å². The second kappa shape index (κ2) is 7.21. The Morgan fingerprint density at radius 2 is 1.74 bits per heavy atom. The summed E-state index contributed by atoms with van der Waals surface area (Å²) in [5, 5.41) is 2.79. The fourth-order valence-electron chi connectivity index (χ4n) is 1.80. The molecule has 0 radical (unpaired) electrons. The van der Waals surface area contributed by atoms with Crippen LogP contribution in [0.2, 0.25) is 0 Å². The Kier molecular flexibility index (Phi) is 6.04. The molecular weight excluding hydrogens is 309 g/mol. The molecule has 0 spiro atoms. The number of nitrogens with one attached hydrogen (secondary N) is 1. The van der Waals surface area contributed by atoms with Gasteiger partial charge in [-0.05, 0) is 30.0 Å². The molecule has 1 aromatic rings. The van der Waals surface area contributed by atoms with Crippen molar-refractivity contribution >= 4 is 5.91 Å². The van der Waals surface area contributed by atoms with Gasteiger partial charge in [-0.3, -0.25) is 4.79 Å².